The zero-order valence-electron chi connectivity index (χ0n) is 10.2. The van der Waals surface area contributed by atoms with Crippen LogP contribution in [0.3, 0.4) is 0 Å². The van der Waals surface area contributed by atoms with E-state index in [1.54, 1.807) is 17.5 Å². The molecule has 19 heavy (non-hydrogen) atoms. The number of halogens is 1. The molecule has 0 saturated carbocycles. The molecule has 4 N–H and O–H groups in total. The van der Waals surface area contributed by atoms with Crippen LogP contribution in [0.25, 0.3) is 0 Å². The standard InChI is InChI=1S/C10H16N4O2S2.HI/c11-10(12)13-6-8-3-4-14(7-8)18(15,16)9-2-1-5-17-9;/h1-2,5,8H,3-4,6-7H2,(H4,11,12,13);1H. The van der Waals surface area contributed by atoms with Crippen molar-refractivity contribution in [3.05, 3.63) is 17.5 Å². The van der Waals surface area contributed by atoms with Crippen molar-refractivity contribution in [3.63, 3.8) is 0 Å². The third kappa shape index (κ3) is 4.04. The maximum Gasteiger partial charge on any atom is 0.252 e. The van der Waals surface area contributed by atoms with Crippen molar-refractivity contribution in [2.24, 2.45) is 22.4 Å². The largest absolute Gasteiger partial charge is 0.370 e. The Balaban J connectivity index is 0.00000180. The van der Waals surface area contributed by atoms with Gasteiger partial charge in [-0.25, -0.2) is 8.42 Å². The van der Waals surface area contributed by atoms with Crippen molar-refractivity contribution in [2.45, 2.75) is 10.6 Å². The fourth-order valence-corrected chi connectivity index (χ4v) is 4.61. The van der Waals surface area contributed by atoms with Crippen molar-refractivity contribution in [1.82, 2.24) is 4.31 Å². The molecule has 1 aliphatic heterocycles. The van der Waals surface area contributed by atoms with E-state index >= 15 is 0 Å². The Bertz CT molecular complexity index is 526. The monoisotopic (exact) mass is 416 g/mol. The van der Waals surface area contributed by atoms with Crippen molar-refractivity contribution in [2.75, 3.05) is 19.6 Å². The fraction of sp³-hybridized carbons (Fsp3) is 0.500. The van der Waals surface area contributed by atoms with E-state index in [9.17, 15) is 8.42 Å². The van der Waals surface area contributed by atoms with Crippen LogP contribution in [0.1, 0.15) is 6.42 Å². The lowest BCUT2D eigenvalue weighted by Crippen LogP contribution is -2.29. The van der Waals surface area contributed by atoms with Crippen LogP contribution in [-0.4, -0.2) is 38.3 Å². The van der Waals surface area contributed by atoms with E-state index in [0.717, 1.165) is 6.42 Å². The van der Waals surface area contributed by atoms with Crippen LogP contribution in [0, 0.1) is 5.92 Å². The van der Waals surface area contributed by atoms with Crippen LogP contribution in [0.5, 0.6) is 0 Å². The van der Waals surface area contributed by atoms with E-state index in [-0.39, 0.29) is 35.9 Å². The summed E-state index contributed by atoms with van der Waals surface area (Å²) in [4.78, 5) is 3.94. The summed E-state index contributed by atoms with van der Waals surface area (Å²) in [5.74, 6) is 0.247. The van der Waals surface area contributed by atoms with Crippen LogP contribution in [-0.2, 0) is 10.0 Å². The molecule has 1 unspecified atom stereocenters. The molecular weight excluding hydrogens is 399 g/mol. The van der Waals surface area contributed by atoms with Gasteiger partial charge in [0.2, 0.25) is 0 Å². The van der Waals surface area contributed by atoms with Crippen LogP contribution in [0.2, 0.25) is 0 Å². The molecule has 6 nitrogen and oxygen atoms in total. The lowest BCUT2D eigenvalue weighted by Gasteiger charge is -2.14. The van der Waals surface area contributed by atoms with E-state index < -0.39 is 10.0 Å². The van der Waals surface area contributed by atoms with Gasteiger partial charge in [-0.1, -0.05) is 6.07 Å². The van der Waals surface area contributed by atoms with Gasteiger partial charge in [0.25, 0.3) is 10.0 Å². The Morgan fingerprint density at radius 3 is 2.84 bits per heavy atom. The summed E-state index contributed by atoms with van der Waals surface area (Å²) in [6.45, 7) is 1.50. The molecule has 1 aliphatic rings. The Hall–Kier alpha value is -0.390. The van der Waals surface area contributed by atoms with Gasteiger partial charge in [0.05, 0.1) is 0 Å². The Labute approximate surface area is 133 Å². The number of hydrogen-bond acceptors (Lipinski definition) is 4. The Kier molecular flexibility index (Phi) is 6.02. The normalized spacial score (nSPS) is 19.9. The first-order valence-electron chi connectivity index (χ1n) is 5.59. The van der Waals surface area contributed by atoms with Gasteiger partial charge >= 0.3 is 0 Å². The molecular formula is C10H17IN4O2S2. The summed E-state index contributed by atoms with van der Waals surface area (Å²) < 4.78 is 26.4. The lowest BCUT2D eigenvalue weighted by atomic mass is 10.1. The molecule has 2 rings (SSSR count). The van der Waals surface area contributed by atoms with E-state index in [0.29, 0.717) is 23.8 Å². The molecule has 1 fully saturated rings. The molecule has 2 heterocycles. The molecule has 0 aromatic carbocycles. The molecule has 0 bridgehead atoms. The molecule has 1 saturated heterocycles. The summed E-state index contributed by atoms with van der Waals surface area (Å²) in [5.41, 5.74) is 10.5. The predicted molar refractivity (Wildman–Crippen MR) is 87.3 cm³/mol. The highest BCUT2D eigenvalue weighted by Crippen LogP contribution is 2.26. The number of guanidine groups is 1. The summed E-state index contributed by atoms with van der Waals surface area (Å²) in [5, 5.41) is 1.76. The molecule has 0 amide bonds. The van der Waals surface area contributed by atoms with Gasteiger partial charge in [0.15, 0.2) is 5.96 Å². The molecule has 0 spiro atoms. The first-order chi connectivity index (χ1) is 8.50. The summed E-state index contributed by atoms with van der Waals surface area (Å²) in [6, 6.07) is 3.37. The predicted octanol–water partition coefficient (Wildman–Crippen LogP) is 0.650. The van der Waals surface area contributed by atoms with Crippen LogP contribution < -0.4 is 11.5 Å². The number of thiophene rings is 1. The van der Waals surface area contributed by atoms with Crippen molar-refractivity contribution in [1.29, 1.82) is 0 Å². The van der Waals surface area contributed by atoms with Gasteiger partial charge in [-0.05, 0) is 23.8 Å². The molecule has 9 heteroatoms. The van der Waals surface area contributed by atoms with E-state index in [1.165, 1.54) is 15.6 Å². The van der Waals surface area contributed by atoms with Crippen LogP contribution >= 0.6 is 35.3 Å². The van der Waals surface area contributed by atoms with Crippen LogP contribution in [0.4, 0.5) is 0 Å². The third-order valence-corrected chi connectivity index (χ3v) is 6.11. The van der Waals surface area contributed by atoms with Gasteiger partial charge in [0, 0.05) is 19.6 Å². The summed E-state index contributed by atoms with van der Waals surface area (Å²) >= 11 is 1.24. The molecule has 108 valence electrons. The maximum atomic E-state index is 12.2. The number of nitrogens with zero attached hydrogens (tertiary/aromatic N) is 2. The number of rotatable bonds is 4. The smallest absolute Gasteiger partial charge is 0.252 e. The van der Waals surface area contributed by atoms with Gasteiger partial charge in [0.1, 0.15) is 4.21 Å². The highest BCUT2D eigenvalue weighted by atomic mass is 127. The minimum atomic E-state index is -3.33. The highest BCUT2D eigenvalue weighted by Gasteiger charge is 2.32. The Morgan fingerprint density at radius 1 is 1.53 bits per heavy atom. The molecule has 1 atom stereocenters. The zero-order chi connectivity index (χ0) is 13.2. The minimum Gasteiger partial charge on any atom is -0.370 e. The number of nitrogens with two attached hydrogens (primary N) is 2. The first kappa shape index (κ1) is 16.7. The number of sulfonamides is 1. The summed E-state index contributed by atoms with van der Waals surface area (Å²) in [6.07, 6.45) is 0.793. The fourth-order valence-electron chi connectivity index (χ4n) is 1.94. The summed E-state index contributed by atoms with van der Waals surface area (Å²) in [7, 11) is -3.33. The van der Waals surface area contributed by atoms with Crippen molar-refractivity contribution >= 4 is 51.3 Å². The van der Waals surface area contributed by atoms with Crippen LogP contribution in [0.15, 0.2) is 26.7 Å². The molecule has 0 radical (unpaired) electrons. The SMILES string of the molecule is I.NC(N)=NCC1CCN(S(=O)(=O)c2cccs2)C1. The molecule has 0 aliphatic carbocycles. The van der Waals surface area contributed by atoms with Crippen molar-refractivity contribution in [3.8, 4) is 0 Å². The second-order valence-electron chi connectivity index (χ2n) is 4.22. The average molecular weight is 416 g/mol. The molecule has 1 aromatic rings. The topological polar surface area (TPSA) is 102 Å². The van der Waals surface area contributed by atoms with Gasteiger partial charge in [-0.3, -0.25) is 4.99 Å². The first-order valence-corrected chi connectivity index (χ1v) is 7.91. The third-order valence-electron chi connectivity index (χ3n) is 2.87. The lowest BCUT2D eigenvalue weighted by molar-refractivity contribution is 0.461. The minimum absolute atomic E-state index is 0. The zero-order valence-corrected chi connectivity index (χ0v) is 14.2. The van der Waals surface area contributed by atoms with E-state index in [4.69, 9.17) is 11.5 Å². The number of aliphatic imine (C=N–C) groups is 1. The number of hydrogen-bond donors (Lipinski definition) is 2. The quantitative estimate of drug-likeness (QED) is 0.428. The van der Waals surface area contributed by atoms with Gasteiger partial charge in [-0.15, -0.1) is 35.3 Å². The second kappa shape index (κ2) is 6.86. The van der Waals surface area contributed by atoms with Gasteiger partial charge < -0.3 is 11.5 Å². The van der Waals surface area contributed by atoms with E-state index in [2.05, 4.69) is 4.99 Å². The van der Waals surface area contributed by atoms with Crippen molar-refractivity contribution < 1.29 is 8.42 Å². The van der Waals surface area contributed by atoms with Gasteiger partial charge in [-0.2, -0.15) is 4.31 Å². The highest BCUT2D eigenvalue weighted by molar-refractivity contribution is 14.0. The maximum absolute atomic E-state index is 12.2. The Morgan fingerprint density at radius 2 is 2.26 bits per heavy atom. The average Bonchev–Trinajstić information content (AvgIpc) is 2.98. The second-order valence-corrected chi connectivity index (χ2v) is 7.33. The molecule has 1 aromatic heterocycles. The van der Waals surface area contributed by atoms with E-state index in [1.807, 2.05) is 0 Å².